The van der Waals surface area contributed by atoms with Crippen LogP contribution in [0.5, 0.6) is 0 Å². The van der Waals surface area contributed by atoms with Crippen LogP contribution in [0.2, 0.25) is 5.02 Å². The first kappa shape index (κ1) is 18.6. The van der Waals surface area contributed by atoms with Gasteiger partial charge >= 0.3 is 0 Å². The Hall–Kier alpha value is -2.73. The van der Waals surface area contributed by atoms with E-state index in [9.17, 15) is 14.0 Å². The Bertz CT molecular complexity index is 804. The number of carbonyl (C=O) groups is 2. The van der Waals surface area contributed by atoms with Crippen LogP contribution in [-0.2, 0) is 0 Å². The molecular formula is C18H17ClFN3O2. The molecule has 0 heterocycles. The molecule has 2 amide bonds. The third-order valence-electron chi connectivity index (χ3n) is 3.14. The lowest BCUT2D eigenvalue weighted by Gasteiger charge is -2.11. The van der Waals surface area contributed by atoms with Crippen molar-refractivity contribution in [3.63, 3.8) is 0 Å². The van der Waals surface area contributed by atoms with Gasteiger partial charge in [0.05, 0.1) is 17.3 Å². The maximum atomic E-state index is 12.8. The van der Waals surface area contributed by atoms with Crippen molar-refractivity contribution in [1.82, 2.24) is 10.7 Å². The fourth-order valence-corrected chi connectivity index (χ4v) is 2.19. The van der Waals surface area contributed by atoms with Gasteiger partial charge in [-0.25, -0.2) is 9.82 Å². The summed E-state index contributed by atoms with van der Waals surface area (Å²) in [5.41, 5.74) is 3.27. The first-order valence-electron chi connectivity index (χ1n) is 7.56. The van der Waals surface area contributed by atoms with E-state index < -0.39 is 5.91 Å². The van der Waals surface area contributed by atoms with E-state index in [4.69, 9.17) is 11.6 Å². The van der Waals surface area contributed by atoms with Gasteiger partial charge in [0.1, 0.15) is 5.82 Å². The number of hydrazone groups is 1. The fraction of sp³-hybridized carbons (Fsp3) is 0.167. The second-order valence-corrected chi connectivity index (χ2v) is 6.01. The summed E-state index contributed by atoms with van der Waals surface area (Å²) in [7, 11) is 0. The highest BCUT2D eigenvalue weighted by molar-refractivity contribution is 6.31. The zero-order valence-corrected chi connectivity index (χ0v) is 14.5. The standard InChI is InChI=1S/C18H17ClFN3O2/c1-11(2)22-17(24)15-8-5-13(19)9-16(15)18(25)23-21-10-12-3-6-14(20)7-4-12/h3-11H,1-2H3,(H,22,24)(H,23,25)/b21-10+. The lowest BCUT2D eigenvalue weighted by molar-refractivity contribution is 0.0914. The van der Waals surface area contributed by atoms with Crippen LogP contribution >= 0.6 is 11.6 Å². The van der Waals surface area contributed by atoms with E-state index in [0.717, 1.165) is 0 Å². The van der Waals surface area contributed by atoms with Gasteiger partial charge in [0.2, 0.25) is 0 Å². The topological polar surface area (TPSA) is 70.6 Å². The van der Waals surface area contributed by atoms with Gasteiger partial charge in [-0.1, -0.05) is 23.7 Å². The molecule has 0 unspecified atom stereocenters. The van der Waals surface area contributed by atoms with Crippen LogP contribution < -0.4 is 10.7 Å². The molecule has 0 fully saturated rings. The maximum Gasteiger partial charge on any atom is 0.272 e. The molecular weight excluding hydrogens is 345 g/mol. The molecule has 0 aliphatic heterocycles. The van der Waals surface area contributed by atoms with Crippen molar-refractivity contribution >= 4 is 29.6 Å². The summed E-state index contributed by atoms with van der Waals surface area (Å²) in [6.07, 6.45) is 1.37. The second kappa shape index (κ2) is 8.39. The first-order valence-corrected chi connectivity index (χ1v) is 7.94. The summed E-state index contributed by atoms with van der Waals surface area (Å²) in [6, 6.07) is 9.96. The number of rotatable bonds is 5. The van der Waals surface area contributed by atoms with Crippen LogP contribution in [0.3, 0.4) is 0 Å². The van der Waals surface area contributed by atoms with E-state index in [0.29, 0.717) is 10.6 Å². The van der Waals surface area contributed by atoms with Crippen molar-refractivity contribution in [2.75, 3.05) is 0 Å². The lowest BCUT2D eigenvalue weighted by Crippen LogP contribution is -2.32. The molecule has 0 aliphatic rings. The van der Waals surface area contributed by atoms with E-state index >= 15 is 0 Å². The Morgan fingerprint density at radius 3 is 2.40 bits per heavy atom. The molecule has 0 radical (unpaired) electrons. The number of hydrogen-bond donors (Lipinski definition) is 2. The average molecular weight is 362 g/mol. The smallest absolute Gasteiger partial charge is 0.272 e. The van der Waals surface area contributed by atoms with Crippen molar-refractivity contribution in [2.45, 2.75) is 19.9 Å². The molecule has 2 N–H and O–H groups in total. The number of carbonyl (C=O) groups excluding carboxylic acids is 2. The highest BCUT2D eigenvalue weighted by atomic mass is 35.5. The molecule has 0 spiro atoms. The van der Waals surface area contributed by atoms with Crippen LogP contribution in [-0.4, -0.2) is 24.1 Å². The molecule has 0 atom stereocenters. The largest absolute Gasteiger partial charge is 0.350 e. The van der Waals surface area contributed by atoms with Crippen molar-refractivity contribution < 1.29 is 14.0 Å². The van der Waals surface area contributed by atoms with Crippen LogP contribution in [0.4, 0.5) is 4.39 Å². The molecule has 2 aromatic carbocycles. The van der Waals surface area contributed by atoms with Crippen LogP contribution in [0.1, 0.15) is 40.1 Å². The fourth-order valence-electron chi connectivity index (χ4n) is 2.02. The van der Waals surface area contributed by atoms with E-state index in [2.05, 4.69) is 15.8 Å². The molecule has 0 saturated heterocycles. The van der Waals surface area contributed by atoms with Crippen molar-refractivity contribution in [1.29, 1.82) is 0 Å². The van der Waals surface area contributed by atoms with Gasteiger partial charge in [-0.05, 0) is 49.7 Å². The third-order valence-corrected chi connectivity index (χ3v) is 3.38. The van der Waals surface area contributed by atoms with Crippen LogP contribution in [0.25, 0.3) is 0 Å². The van der Waals surface area contributed by atoms with E-state index in [-0.39, 0.29) is 28.9 Å². The minimum absolute atomic E-state index is 0.0735. The predicted octanol–water partition coefficient (Wildman–Crippen LogP) is 3.38. The Balaban J connectivity index is 2.16. The molecule has 2 rings (SSSR count). The molecule has 2 aromatic rings. The number of amides is 2. The highest BCUT2D eigenvalue weighted by Crippen LogP contribution is 2.16. The van der Waals surface area contributed by atoms with E-state index in [1.165, 1.54) is 48.7 Å². The lowest BCUT2D eigenvalue weighted by atomic mass is 10.1. The molecule has 7 heteroatoms. The molecule has 0 saturated carbocycles. The minimum Gasteiger partial charge on any atom is -0.350 e. The number of nitrogens with one attached hydrogen (secondary N) is 2. The van der Waals surface area contributed by atoms with Crippen molar-refractivity contribution in [3.8, 4) is 0 Å². The first-order chi connectivity index (χ1) is 11.9. The number of benzene rings is 2. The summed E-state index contributed by atoms with van der Waals surface area (Å²) in [6.45, 7) is 3.64. The molecule has 0 aromatic heterocycles. The average Bonchev–Trinajstić information content (AvgIpc) is 2.55. The highest BCUT2D eigenvalue weighted by Gasteiger charge is 2.18. The number of halogens is 2. The Kier molecular flexibility index (Phi) is 6.25. The maximum absolute atomic E-state index is 12.8. The quantitative estimate of drug-likeness (QED) is 0.633. The zero-order valence-electron chi connectivity index (χ0n) is 13.7. The van der Waals surface area contributed by atoms with Gasteiger partial charge in [0.15, 0.2) is 0 Å². The molecule has 5 nitrogen and oxygen atoms in total. The Morgan fingerprint density at radius 2 is 1.76 bits per heavy atom. The van der Waals surface area contributed by atoms with Gasteiger partial charge in [0.25, 0.3) is 11.8 Å². The van der Waals surface area contributed by atoms with Gasteiger partial charge in [0, 0.05) is 11.1 Å². The Morgan fingerprint density at radius 1 is 1.08 bits per heavy atom. The summed E-state index contributed by atoms with van der Waals surface area (Å²) >= 11 is 5.93. The minimum atomic E-state index is -0.574. The van der Waals surface area contributed by atoms with Crippen molar-refractivity contribution in [2.24, 2.45) is 5.10 Å². The summed E-state index contributed by atoms with van der Waals surface area (Å²) in [5.74, 6) is -1.31. The van der Waals surface area contributed by atoms with Crippen LogP contribution in [0, 0.1) is 5.82 Å². The van der Waals surface area contributed by atoms with Crippen LogP contribution in [0.15, 0.2) is 47.6 Å². The van der Waals surface area contributed by atoms with Crippen molar-refractivity contribution in [3.05, 3.63) is 70.0 Å². The van der Waals surface area contributed by atoms with E-state index in [1.807, 2.05) is 13.8 Å². The van der Waals surface area contributed by atoms with Gasteiger partial charge in [-0.15, -0.1) is 0 Å². The number of nitrogens with zero attached hydrogens (tertiary/aromatic N) is 1. The normalized spacial score (nSPS) is 10.9. The second-order valence-electron chi connectivity index (χ2n) is 5.57. The number of hydrogen-bond acceptors (Lipinski definition) is 3. The zero-order chi connectivity index (χ0) is 18.4. The molecule has 130 valence electrons. The van der Waals surface area contributed by atoms with Gasteiger partial charge in [-0.2, -0.15) is 5.10 Å². The summed E-state index contributed by atoms with van der Waals surface area (Å²) in [4.78, 5) is 24.5. The monoisotopic (exact) mass is 361 g/mol. The summed E-state index contributed by atoms with van der Waals surface area (Å²) in [5, 5.41) is 6.87. The van der Waals surface area contributed by atoms with Gasteiger partial charge in [-0.3, -0.25) is 9.59 Å². The Labute approximate surface area is 149 Å². The summed E-state index contributed by atoms with van der Waals surface area (Å²) < 4.78 is 12.8. The SMILES string of the molecule is CC(C)NC(=O)c1ccc(Cl)cc1C(=O)N/N=C/c1ccc(F)cc1. The predicted molar refractivity (Wildman–Crippen MR) is 95.5 cm³/mol. The molecule has 25 heavy (non-hydrogen) atoms. The van der Waals surface area contributed by atoms with Gasteiger partial charge < -0.3 is 5.32 Å². The van der Waals surface area contributed by atoms with E-state index in [1.54, 1.807) is 0 Å². The third kappa shape index (κ3) is 5.39. The molecule has 0 aliphatic carbocycles. The molecule has 0 bridgehead atoms.